The molecule has 0 aromatic carbocycles. The molecule has 0 rings (SSSR count). The maximum Gasteiger partial charge on any atom is 0.236 e. The summed E-state index contributed by atoms with van der Waals surface area (Å²) < 4.78 is 0. The van der Waals surface area contributed by atoms with Crippen molar-refractivity contribution in [1.29, 1.82) is 0 Å². The van der Waals surface area contributed by atoms with Crippen LogP contribution in [-0.4, -0.2) is 49.4 Å². The van der Waals surface area contributed by atoms with Gasteiger partial charge in [-0.3, -0.25) is 9.59 Å². The molecular weight excluding hydrogens is 232 g/mol. The Balaban J connectivity index is 3.72. The Bertz CT molecular complexity index is 258. The fourth-order valence-corrected chi connectivity index (χ4v) is 1.51. The summed E-state index contributed by atoms with van der Waals surface area (Å²) in [6, 6.07) is -0.483. The van der Waals surface area contributed by atoms with Crippen LogP contribution in [0.25, 0.3) is 0 Å². The van der Waals surface area contributed by atoms with E-state index in [4.69, 9.17) is 11.5 Å². The van der Waals surface area contributed by atoms with Crippen molar-refractivity contribution in [1.82, 2.24) is 10.2 Å². The standard InChI is InChI=1S/C12H26N4O2/c1-3-11(17)16(2)9-8-15-12(18)10(14)6-4-5-7-13/h10H,3-9,13-14H2,1-2H3,(H,15,18)/t10-/m0/s1. The number of hydrogen-bond donors (Lipinski definition) is 3. The van der Waals surface area contributed by atoms with Gasteiger partial charge in [0.15, 0.2) is 0 Å². The first-order valence-electron chi connectivity index (χ1n) is 6.50. The molecule has 0 aromatic rings. The van der Waals surface area contributed by atoms with Crippen molar-refractivity contribution in [2.24, 2.45) is 11.5 Å². The second-order valence-electron chi connectivity index (χ2n) is 4.35. The third-order valence-corrected chi connectivity index (χ3v) is 2.78. The molecule has 0 bridgehead atoms. The normalized spacial score (nSPS) is 12.0. The SMILES string of the molecule is CCC(=O)N(C)CCNC(=O)[C@@H](N)CCCCN. The van der Waals surface area contributed by atoms with Gasteiger partial charge >= 0.3 is 0 Å². The van der Waals surface area contributed by atoms with Gasteiger partial charge in [0, 0.05) is 26.6 Å². The van der Waals surface area contributed by atoms with Crippen molar-refractivity contribution < 1.29 is 9.59 Å². The number of likely N-dealkylation sites (N-methyl/N-ethyl adjacent to an activating group) is 1. The summed E-state index contributed by atoms with van der Waals surface area (Å²) in [6.07, 6.45) is 2.86. The zero-order valence-electron chi connectivity index (χ0n) is 11.4. The van der Waals surface area contributed by atoms with E-state index in [0.29, 0.717) is 32.5 Å². The molecule has 1 atom stereocenters. The molecular formula is C12H26N4O2. The van der Waals surface area contributed by atoms with E-state index in [1.165, 1.54) is 0 Å². The highest BCUT2D eigenvalue weighted by Crippen LogP contribution is 1.97. The zero-order valence-corrected chi connectivity index (χ0v) is 11.4. The van der Waals surface area contributed by atoms with Crippen molar-refractivity contribution in [3.05, 3.63) is 0 Å². The maximum absolute atomic E-state index is 11.6. The third kappa shape index (κ3) is 7.24. The average Bonchev–Trinajstić information content (AvgIpc) is 2.37. The number of nitrogens with zero attached hydrogens (tertiary/aromatic N) is 1. The average molecular weight is 258 g/mol. The van der Waals surface area contributed by atoms with Gasteiger partial charge in [-0.2, -0.15) is 0 Å². The van der Waals surface area contributed by atoms with E-state index in [1.54, 1.807) is 11.9 Å². The summed E-state index contributed by atoms with van der Waals surface area (Å²) in [5.41, 5.74) is 11.1. The highest BCUT2D eigenvalue weighted by molar-refractivity contribution is 5.81. The summed E-state index contributed by atoms with van der Waals surface area (Å²) >= 11 is 0. The molecule has 0 aliphatic rings. The lowest BCUT2D eigenvalue weighted by Gasteiger charge is -2.17. The Kier molecular flexibility index (Phi) is 9.22. The van der Waals surface area contributed by atoms with Crippen LogP contribution < -0.4 is 16.8 Å². The van der Waals surface area contributed by atoms with E-state index < -0.39 is 6.04 Å². The quantitative estimate of drug-likeness (QED) is 0.482. The van der Waals surface area contributed by atoms with Crippen molar-refractivity contribution in [3.8, 4) is 0 Å². The number of hydrogen-bond acceptors (Lipinski definition) is 4. The van der Waals surface area contributed by atoms with Crippen LogP contribution in [0.5, 0.6) is 0 Å². The second-order valence-corrected chi connectivity index (χ2v) is 4.35. The van der Waals surface area contributed by atoms with Gasteiger partial charge in [0.25, 0.3) is 0 Å². The first-order valence-corrected chi connectivity index (χ1v) is 6.50. The molecule has 0 saturated heterocycles. The number of nitrogens with two attached hydrogens (primary N) is 2. The molecule has 6 heteroatoms. The molecule has 18 heavy (non-hydrogen) atoms. The number of nitrogens with one attached hydrogen (secondary N) is 1. The van der Waals surface area contributed by atoms with Gasteiger partial charge in [0.05, 0.1) is 6.04 Å². The number of unbranched alkanes of at least 4 members (excludes halogenated alkanes) is 1. The van der Waals surface area contributed by atoms with Crippen LogP contribution in [0, 0.1) is 0 Å². The molecule has 0 aliphatic carbocycles. The molecule has 0 spiro atoms. The van der Waals surface area contributed by atoms with Crippen LogP contribution >= 0.6 is 0 Å². The number of carbonyl (C=O) groups is 2. The minimum Gasteiger partial charge on any atom is -0.353 e. The van der Waals surface area contributed by atoms with Gasteiger partial charge in [-0.05, 0) is 19.4 Å². The Hall–Kier alpha value is -1.14. The van der Waals surface area contributed by atoms with E-state index in [-0.39, 0.29) is 11.8 Å². The largest absolute Gasteiger partial charge is 0.353 e. The highest BCUT2D eigenvalue weighted by Gasteiger charge is 2.12. The van der Waals surface area contributed by atoms with Crippen LogP contribution in [-0.2, 0) is 9.59 Å². The summed E-state index contributed by atoms with van der Waals surface area (Å²) in [7, 11) is 1.72. The van der Waals surface area contributed by atoms with Gasteiger partial charge in [-0.1, -0.05) is 13.3 Å². The van der Waals surface area contributed by atoms with Gasteiger partial charge in [0.2, 0.25) is 11.8 Å². The van der Waals surface area contributed by atoms with Gasteiger partial charge < -0.3 is 21.7 Å². The summed E-state index contributed by atoms with van der Waals surface area (Å²) in [6.45, 7) is 3.38. The van der Waals surface area contributed by atoms with E-state index in [2.05, 4.69) is 5.32 Å². The van der Waals surface area contributed by atoms with Crippen molar-refractivity contribution >= 4 is 11.8 Å². The van der Waals surface area contributed by atoms with Crippen molar-refractivity contribution in [3.63, 3.8) is 0 Å². The van der Waals surface area contributed by atoms with Crippen LogP contribution in [0.3, 0.4) is 0 Å². The van der Waals surface area contributed by atoms with E-state index >= 15 is 0 Å². The fraction of sp³-hybridized carbons (Fsp3) is 0.833. The minimum atomic E-state index is -0.483. The Morgan fingerprint density at radius 1 is 1.33 bits per heavy atom. The Morgan fingerprint density at radius 2 is 2.00 bits per heavy atom. The molecule has 106 valence electrons. The van der Waals surface area contributed by atoms with Gasteiger partial charge in [0.1, 0.15) is 0 Å². The lowest BCUT2D eigenvalue weighted by atomic mass is 10.1. The molecule has 0 fully saturated rings. The predicted molar refractivity (Wildman–Crippen MR) is 71.8 cm³/mol. The van der Waals surface area contributed by atoms with Crippen LogP contribution in [0.15, 0.2) is 0 Å². The smallest absolute Gasteiger partial charge is 0.236 e. The topological polar surface area (TPSA) is 101 Å². The highest BCUT2D eigenvalue weighted by atomic mass is 16.2. The van der Waals surface area contributed by atoms with Gasteiger partial charge in [-0.25, -0.2) is 0 Å². The minimum absolute atomic E-state index is 0.0662. The van der Waals surface area contributed by atoms with Crippen LogP contribution in [0.4, 0.5) is 0 Å². The zero-order chi connectivity index (χ0) is 14.0. The molecule has 0 heterocycles. The van der Waals surface area contributed by atoms with E-state index in [1.807, 2.05) is 6.92 Å². The van der Waals surface area contributed by atoms with Crippen molar-refractivity contribution in [2.45, 2.75) is 38.6 Å². The lowest BCUT2D eigenvalue weighted by molar-refractivity contribution is -0.130. The monoisotopic (exact) mass is 258 g/mol. The molecule has 0 unspecified atom stereocenters. The number of amides is 2. The van der Waals surface area contributed by atoms with Crippen LogP contribution in [0.1, 0.15) is 32.6 Å². The van der Waals surface area contributed by atoms with Gasteiger partial charge in [-0.15, -0.1) is 0 Å². The first-order chi connectivity index (χ1) is 8.52. The number of carbonyl (C=O) groups excluding carboxylic acids is 2. The van der Waals surface area contributed by atoms with Crippen molar-refractivity contribution in [2.75, 3.05) is 26.7 Å². The molecule has 2 amide bonds. The summed E-state index contributed by atoms with van der Waals surface area (Å²) in [5, 5.41) is 2.73. The maximum atomic E-state index is 11.6. The van der Waals surface area contributed by atoms with Crippen LogP contribution in [0.2, 0.25) is 0 Å². The third-order valence-electron chi connectivity index (χ3n) is 2.78. The van der Waals surface area contributed by atoms with E-state index in [0.717, 1.165) is 12.8 Å². The molecule has 0 aliphatic heterocycles. The second kappa shape index (κ2) is 9.85. The molecule has 0 aromatic heterocycles. The summed E-state index contributed by atoms with van der Waals surface area (Å²) in [4.78, 5) is 24.5. The Labute approximate surface area is 109 Å². The molecule has 0 radical (unpaired) electrons. The molecule has 5 N–H and O–H groups in total. The predicted octanol–water partition coefficient (Wildman–Crippen LogP) is -0.573. The lowest BCUT2D eigenvalue weighted by Crippen LogP contribution is -2.43. The number of rotatable bonds is 9. The summed E-state index contributed by atoms with van der Waals surface area (Å²) in [5.74, 6) is -0.0964. The molecule has 6 nitrogen and oxygen atoms in total. The Morgan fingerprint density at radius 3 is 2.56 bits per heavy atom. The van der Waals surface area contributed by atoms with E-state index in [9.17, 15) is 9.59 Å². The first kappa shape index (κ1) is 16.9. The fourth-order valence-electron chi connectivity index (χ4n) is 1.51. The molecule has 0 saturated carbocycles.